The van der Waals surface area contributed by atoms with Gasteiger partial charge in [-0.2, -0.15) is 0 Å². The molecule has 0 heterocycles. The molecule has 0 aromatic heterocycles. The molecule has 18 heavy (non-hydrogen) atoms. The van der Waals surface area contributed by atoms with Crippen molar-refractivity contribution in [2.24, 2.45) is 0 Å². The number of carbonyl (C=O) groups excluding carboxylic acids is 1. The first-order chi connectivity index (χ1) is 8.63. The van der Waals surface area contributed by atoms with Crippen LogP contribution >= 0.6 is 0 Å². The lowest BCUT2D eigenvalue weighted by Gasteiger charge is -2.08. The van der Waals surface area contributed by atoms with Gasteiger partial charge in [0.1, 0.15) is 11.6 Å². The maximum atomic E-state index is 13.8. The summed E-state index contributed by atoms with van der Waals surface area (Å²) in [5, 5.41) is 0. The fourth-order valence-corrected chi connectivity index (χ4v) is 1.78. The second-order valence-electron chi connectivity index (χ2n) is 4.01. The molecule has 0 radical (unpaired) electrons. The van der Waals surface area contributed by atoms with E-state index in [0.717, 1.165) is 5.56 Å². The number of para-hydroxylation sites is 1. The molecule has 0 fully saturated rings. The molecule has 0 aliphatic rings. The summed E-state index contributed by atoms with van der Waals surface area (Å²) in [6, 6.07) is 11.4. The fourth-order valence-electron chi connectivity index (χ4n) is 1.78. The molecule has 0 saturated heterocycles. The Balaban J connectivity index is 2.48. The van der Waals surface area contributed by atoms with Crippen molar-refractivity contribution < 1.29 is 13.9 Å². The number of rotatable bonds is 3. The van der Waals surface area contributed by atoms with Gasteiger partial charge in [0.05, 0.1) is 18.2 Å². The van der Waals surface area contributed by atoms with Crippen molar-refractivity contribution in [3.63, 3.8) is 0 Å². The quantitative estimate of drug-likeness (QED) is 0.774. The summed E-state index contributed by atoms with van der Waals surface area (Å²) in [6.45, 7) is 1.78. The lowest BCUT2D eigenvalue weighted by atomic mass is 10.0. The Hall–Kier alpha value is -2.16. The van der Waals surface area contributed by atoms with Crippen LogP contribution in [0, 0.1) is 12.7 Å². The monoisotopic (exact) mass is 244 g/mol. The molecule has 0 aliphatic carbocycles. The fraction of sp³-hybridized carbons (Fsp3) is 0.133. The topological polar surface area (TPSA) is 26.3 Å². The van der Waals surface area contributed by atoms with Gasteiger partial charge in [-0.3, -0.25) is 4.79 Å². The average molecular weight is 244 g/mol. The number of methoxy groups -OCH3 is 1. The van der Waals surface area contributed by atoms with Crippen molar-refractivity contribution in [1.29, 1.82) is 0 Å². The highest BCUT2D eigenvalue weighted by Crippen LogP contribution is 2.22. The van der Waals surface area contributed by atoms with Crippen LogP contribution in [0.5, 0.6) is 5.75 Å². The van der Waals surface area contributed by atoms with E-state index >= 15 is 0 Å². The van der Waals surface area contributed by atoms with Crippen molar-refractivity contribution in [1.82, 2.24) is 0 Å². The molecule has 0 amide bonds. The van der Waals surface area contributed by atoms with Crippen molar-refractivity contribution in [3.8, 4) is 5.75 Å². The highest BCUT2D eigenvalue weighted by Gasteiger charge is 2.17. The van der Waals surface area contributed by atoms with Crippen molar-refractivity contribution in [3.05, 3.63) is 65.0 Å². The molecule has 2 aromatic rings. The minimum Gasteiger partial charge on any atom is -0.496 e. The van der Waals surface area contributed by atoms with Crippen molar-refractivity contribution >= 4 is 5.78 Å². The van der Waals surface area contributed by atoms with E-state index in [1.54, 1.807) is 37.3 Å². The summed E-state index contributed by atoms with van der Waals surface area (Å²) < 4.78 is 18.9. The standard InChI is InChI=1S/C15H13FO2/c1-10-7-8-11(13(16)9-10)15(17)12-5-3-4-6-14(12)18-2/h3-9H,1-2H3. The second kappa shape index (κ2) is 5.00. The van der Waals surface area contributed by atoms with Gasteiger partial charge in [0, 0.05) is 0 Å². The molecule has 0 bridgehead atoms. The molecule has 0 unspecified atom stereocenters. The summed E-state index contributed by atoms with van der Waals surface area (Å²) in [4.78, 5) is 12.2. The van der Waals surface area contributed by atoms with Gasteiger partial charge in [0.2, 0.25) is 0 Å². The summed E-state index contributed by atoms with van der Waals surface area (Å²) >= 11 is 0. The number of aryl methyl sites for hydroxylation is 1. The van der Waals surface area contributed by atoms with Gasteiger partial charge in [0.15, 0.2) is 5.78 Å². The molecule has 3 heteroatoms. The summed E-state index contributed by atoms with van der Waals surface area (Å²) in [6.07, 6.45) is 0. The van der Waals surface area contributed by atoms with Crippen LogP contribution in [0.1, 0.15) is 21.5 Å². The zero-order valence-corrected chi connectivity index (χ0v) is 10.2. The van der Waals surface area contributed by atoms with Crippen LogP contribution in [0.2, 0.25) is 0 Å². The number of ketones is 1. The van der Waals surface area contributed by atoms with Crippen molar-refractivity contribution in [2.45, 2.75) is 6.92 Å². The smallest absolute Gasteiger partial charge is 0.199 e. The first-order valence-electron chi connectivity index (χ1n) is 5.57. The summed E-state index contributed by atoms with van der Waals surface area (Å²) in [5.74, 6) is -0.432. The third-order valence-electron chi connectivity index (χ3n) is 2.72. The summed E-state index contributed by atoms with van der Waals surface area (Å²) in [5.41, 5.74) is 1.21. The molecule has 2 rings (SSSR count). The van der Waals surface area contributed by atoms with Crippen LogP contribution in [0.15, 0.2) is 42.5 Å². The molecule has 0 spiro atoms. The lowest BCUT2D eigenvalue weighted by molar-refractivity contribution is 0.103. The van der Waals surface area contributed by atoms with Gasteiger partial charge >= 0.3 is 0 Å². The highest BCUT2D eigenvalue weighted by atomic mass is 19.1. The first kappa shape index (κ1) is 12.3. The van der Waals surface area contributed by atoms with Gasteiger partial charge in [-0.15, -0.1) is 0 Å². The van der Waals surface area contributed by atoms with E-state index in [2.05, 4.69) is 0 Å². The second-order valence-corrected chi connectivity index (χ2v) is 4.01. The number of ether oxygens (including phenoxy) is 1. The minimum atomic E-state index is -0.508. The Bertz CT molecular complexity index is 591. The molecule has 2 nitrogen and oxygen atoms in total. The van der Waals surface area contributed by atoms with Crippen LogP contribution in [0.3, 0.4) is 0 Å². The Morgan fingerprint density at radius 1 is 1.11 bits per heavy atom. The van der Waals surface area contributed by atoms with Crippen molar-refractivity contribution in [2.75, 3.05) is 7.11 Å². The van der Waals surface area contributed by atoms with E-state index in [0.29, 0.717) is 11.3 Å². The largest absolute Gasteiger partial charge is 0.496 e. The highest BCUT2D eigenvalue weighted by molar-refractivity contribution is 6.10. The predicted octanol–water partition coefficient (Wildman–Crippen LogP) is 3.37. The molecular weight excluding hydrogens is 231 g/mol. The number of hydrogen-bond donors (Lipinski definition) is 0. The number of benzene rings is 2. The van der Waals surface area contributed by atoms with Gasteiger partial charge in [-0.1, -0.05) is 18.2 Å². The zero-order valence-electron chi connectivity index (χ0n) is 10.2. The maximum absolute atomic E-state index is 13.8. The maximum Gasteiger partial charge on any atom is 0.199 e. The SMILES string of the molecule is COc1ccccc1C(=O)c1ccc(C)cc1F. The predicted molar refractivity (Wildman–Crippen MR) is 67.6 cm³/mol. The van der Waals surface area contributed by atoms with E-state index < -0.39 is 5.82 Å². The zero-order chi connectivity index (χ0) is 13.1. The Labute approximate surface area is 105 Å². The van der Waals surface area contributed by atoms with Crippen LogP contribution < -0.4 is 4.74 Å². The number of carbonyl (C=O) groups is 1. The number of halogens is 1. The number of hydrogen-bond acceptors (Lipinski definition) is 2. The van der Waals surface area contributed by atoms with E-state index in [1.165, 1.54) is 19.2 Å². The molecule has 0 atom stereocenters. The third kappa shape index (κ3) is 2.25. The van der Waals surface area contributed by atoms with Gasteiger partial charge < -0.3 is 4.74 Å². The molecule has 0 saturated carbocycles. The van der Waals surface area contributed by atoms with Gasteiger partial charge in [0.25, 0.3) is 0 Å². The first-order valence-corrected chi connectivity index (χ1v) is 5.57. The van der Waals surface area contributed by atoms with Crippen LogP contribution in [0.4, 0.5) is 4.39 Å². The molecule has 0 aliphatic heterocycles. The summed E-state index contributed by atoms with van der Waals surface area (Å²) in [7, 11) is 1.48. The van der Waals surface area contributed by atoms with E-state index in [4.69, 9.17) is 4.74 Å². The third-order valence-corrected chi connectivity index (χ3v) is 2.72. The molecular formula is C15H13FO2. The van der Waals surface area contributed by atoms with E-state index in [-0.39, 0.29) is 11.3 Å². The normalized spacial score (nSPS) is 10.2. The van der Waals surface area contributed by atoms with Crippen LogP contribution in [-0.4, -0.2) is 12.9 Å². The van der Waals surface area contributed by atoms with Gasteiger partial charge in [-0.05, 0) is 36.8 Å². The molecule has 92 valence electrons. The molecule has 0 N–H and O–H groups in total. The van der Waals surface area contributed by atoms with Crippen LogP contribution in [-0.2, 0) is 0 Å². The Morgan fingerprint density at radius 2 is 1.83 bits per heavy atom. The Kier molecular flexibility index (Phi) is 3.42. The van der Waals surface area contributed by atoms with E-state index in [1.807, 2.05) is 0 Å². The average Bonchev–Trinajstić information content (AvgIpc) is 2.38. The van der Waals surface area contributed by atoms with Gasteiger partial charge in [-0.25, -0.2) is 4.39 Å². The molecule has 2 aromatic carbocycles. The van der Waals surface area contributed by atoms with Crippen LogP contribution in [0.25, 0.3) is 0 Å². The Morgan fingerprint density at radius 3 is 2.50 bits per heavy atom. The van der Waals surface area contributed by atoms with E-state index in [9.17, 15) is 9.18 Å². The minimum absolute atomic E-state index is 0.0603. The lowest BCUT2D eigenvalue weighted by Crippen LogP contribution is -2.06.